The van der Waals surface area contributed by atoms with Crippen LogP contribution in [0.3, 0.4) is 0 Å². The van der Waals surface area contributed by atoms with Gasteiger partial charge in [0.05, 0.1) is 0 Å². The van der Waals surface area contributed by atoms with E-state index < -0.39 is 0 Å². The average Bonchev–Trinajstić information content (AvgIpc) is 2.10. The molecule has 0 saturated carbocycles. The van der Waals surface area contributed by atoms with E-state index in [4.69, 9.17) is 4.74 Å². The Labute approximate surface area is 91.4 Å². The van der Waals surface area contributed by atoms with E-state index in [2.05, 4.69) is 22.6 Å². The van der Waals surface area contributed by atoms with Crippen molar-refractivity contribution in [1.82, 2.24) is 0 Å². The average molecular weight is 290 g/mol. The molecule has 0 aliphatic heterocycles. The van der Waals surface area contributed by atoms with Gasteiger partial charge in [0.25, 0.3) is 0 Å². The fourth-order valence-electron chi connectivity index (χ4n) is 1.07. The topological polar surface area (TPSA) is 26.3 Å². The van der Waals surface area contributed by atoms with Crippen LogP contribution in [-0.4, -0.2) is 19.5 Å². The maximum Gasteiger partial charge on any atom is 0.189 e. The number of hydrogen-bond acceptors (Lipinski definition) is 2. The molecule has 1 rings (SSSR count). The van der Waals surface area contributed by atoms with Crippen LogP contribution < -0.4 is 0 Å². The molecule has 0 heterocycles. The summed E-state index contributed by atoms with van der Waals surface area (Å²) in [7, 11) is 1.53. The lowest BCUT2D eigenvalue weighted by molar-refractivity contribution is 0.0847. The number of carbonyl (C=O) groups is 1. The van der Waals surface area contributed by atoms with Crippen molar-refractivity contribution in [1.29, 1.82) is 0 Å². The minimum Gasteiger partial charge on any atom is -0.377 e. The fraction of sp³-hybridized carbons (Fsp3) is 0.300. The molecule has 0 fully saturated rings. The first-order chi connectivity index (χ1) is 6.16. The van der Waals surface area contributed by atoms with Crippen molar-refractivity contribution in [2.24, 2.45) is 0 Å². The highest BCUT2D eigenvalue weighted by Crippen LogP contribution is 2.16. The smallest absolute Gasteiger partial charge is 0.189 e. The van der Waals surface area contributed by atoms with Crippen LogP contribution in [0.15, 0.2) is 18.2 Å². The van der Waals surface area contributed by atoms with Crippen LogP contribution in [0.4, 0.5) is 0 Å². The summed E-state index contributed by atoms with van der Waals surface area (Å²) in [5.41, 5.74) is 1.88. The molecular formula is C10H11IO2. The maximum atomic E-state index is 11.5. The van der Waals surface area contributed by atoms with E-state index in [0.717, 1.165) is 14.7 Å². The lowest BCUT2D eigenvalue weighted by atomic mass is 10.1. The number of ketones is 1. The van der Waals surface area contributed by atoms with Gasteiger partial charge in [0, 0.05) is 16.2 Å². The van der Waals surface area contributed by atoms with Gasteiger partial charge in [-0.1, -0.05) is 18.2 Å². The highest BCUT2D eigenvalue weighted by Gasteiger charge is 2.09. The zero-order chi connectivity index (χ0) is 9.84. The van der Waals surface area contributed by atoms with E-state index in [-0.39, 0.29) is 12.4 Å². The monoisotopic (exact) mass is 290 g/mol. The highest BCUT2D eigenvalue weighted by molar-refractivity contribution is 14.1. The van der Waals surface area contributed by atoms with Gasteiger partial charge in [-0.25, -0.2) is 0 Å². The second-order valence-corrected chi connectivity index (χ2v) is 3.87. The lowest BCUT2D eigenvalue weighted by Gasteiger charge is -2.04. The van der Waals surface area contributed by atoms with Gasteiger partial charge in [-0.05, 0) is 35.1 Å². The maximum absolute atomic E-state index is 11.5. The molecule has 1 aromatic rings. The van der Waals surface area contributed by atoms with Crippen molar-refractivity contribution in [3.63, 3.8) is 0 Å². The Balaban J connectivity index is 3.01. The molecule has 0 aliphatic rings. The number of aryl methyl sites for hydroxylation is 1. The van der Waals surface area contributed by atoms with Gasteiger partial charge < -0.3 is 4.74 Å². The summed E-state index contributed by atoms with van der Waals surface area (Å²) in [5.74, 6) is 0.0376. The number of Topliss-reactive ketones (excluding diaryl/α,β-unsaturated/α-hetero) is 1. The number of ether oxygens (including phenoxy) is 1. The Kier molecular flexibility index (Phi) is 3.87. The zero-order valence-electron chi connectivity index (χ0n) is 7.63. The summed E-state index contributed by atoms with van der Waals surface area (Å²) in [5, 5.41) is 0. The van der Waals surface area contributed by atoms with Crippen LogP contribution in [0, 0.1) is 10.5 Å². The molecule has 0 N–H and O–H groups in total. The van der Waals surface area contributed by atoms with Gasteiger partial charge in [0.2, 0.25) is 0 Å². The largest absolute Gasteiger partial charge is 0.377 e. The number of benzene rings is 1. The molecule has 0 saturated heterocycles. The van der Waals surface area contributed by atoms with Crippen LogP contribution in [0.2, 0.25) is 0 Å². The van der Waals surface area contributed by atoms with Crippen molar-refractivity contribution >= 4 is 28.4 Å². The Morgan fingerprint density at radius 3 is 2.85 bits per heavy atom. The molecule has 0 amide bonds. The van der Waals surface area contributed by atoms with Crippen LogP contribution in [0.5, 0.6) is 0 Å². The molecular weight excluding hydrogens is 279 g/mol. The van der Waals surface area contributed by atoms with Gasteiger partial charge in [-0.15, -0.1) is 0 Å². The Morgan fingerprint density at radius 2 is 2.23 bits per heavy atom. The van der Waals surface area contributed by atoms with E-state index in [1.165, 1.54) is 7.11 Å². The molecule has 0 unspecified atom stereocenters. The van der Waals surface area contributed by atoms with Crippen molar-refractivity contribution in [2.45, 2.75) is 6.92 Å². The van der Waals surface area contributed by atoms with Crippen LogP contribution >= 0.6 is 22.6 Å². The van der Waals surface area contributed by atoms with Gasteiger partial charge in [0.1, 0.15) is 6.61 Å². The molecule has 70 valence electrons. The van der Waals surface area contributed by atoms with Gasteiger partial charge >= 0.3 is 0 Å². The minimum absolute atomic E-state index is 0.0376. The van der Waals surface area contributed by atoms with Gasteiger partial charge in [-0.2, -0.15) is 0 Å². The molecule has 13 heavy (non-hydrogen) atoms. The van der Waals surface area contributed by atoms with Crippen molar-refractivity contribution < 1.29 is 9.53 Å². The molecule has 0 radical (unpaired) electrons. The predicted molar refractivity (Wildman–Crippen MR) is 60.1 cm³/mol. The molecule has 0 aromatic heterocycles. The Hall–Kier alpha value is -0.420. The summed E-state index contributed by atoms with van der Waals surface area (Å²) < 4.78 is 5.82. The first kappa shape index (κ1) is 10.7. The van der Waals surface area contributed by atoms with Crippen LogP contribution in [0.1, 0.15) is 15.9 Å². The number of carbonyl (C=O) groups excluding carboxylic acids is 1. The normalized spacial score (nSPS) is 10.1. The fourth-order valence-corrected chi connectivity index (χ4v) is 1.73. The summed E-state index contributed by atoms with van der Waals surface area (Å²) in [6, 6.07) is 5.71. The number of methoxy groups -OCH3 is 1. The molecule has 2 nitrogen and oxygen atoms in total. The molecule has 0 aliphatic carbocycles. The number of halogens is 1. The molecule has 1 aromatic carbocycles. The molecule has 0 spiro atoms. The lowest BCUT2D eigenvalue weighted by Crippen LogP contribution is -2.09. The first-order valence-corrected chi connectivity index (χ1v) is 5.02. The van der Waals surface area contributed by atoms with E-state index >= 15 is 0 Å². The Morgan fingerprint density at radius 1 is 1.54 bits per heavy atom. The van der Waals surface area contributed by atoms with E-state index in [0.29, 0.717) is 0 Å². The Bertz CT molecular complexity index is 321. The van der Waals surface area contributed by atoms with Gasteiger partial charge in [0.15, 0.2) is 5.78 Å². The summed E-state index contributed by atoms with van der Waals surface area (Å²) >= 11 is 2.18. The highest BCUT2D eigenvalue weighted by atomic mass is 127. The van der Waals surface area contributed by atoms with E-state index in [1.807, 2.05) is 25.1 Å². The van der Waals surface area contributed by atoms with Gasteiger partial charge in [-0.3, -0.25) is 4.79 Å². The third-order valence-corrected chi connectivity index (χ3v) is 3.20. The van der Waals surface area contributed by atoms with E-state index in [1.54, 1.807) is 0 Å². The predicted octanol–water partition coefficient (Wildman–Crippen LogP) is 2.43. The molecule has 0 atom stereocenters. The number of rotatable bonds is 3. The zero-order valence-corrected chi connectivity index (χ0v) is 9.79. The summed E-state index contributed by atoms with van der Waals surface area (Å²) in [6.45, 7) is 2.14. The van der Waals surface area contributed by atoms with Crippen molar-refractivity contribution in [2.75, 3.05) is 13.7 Å². The quantitative estimate of drug-likeness (QED) is 0.631. The van der Waals surface area contributed by atoms with Crippen molar-refractivity contribution in [3.8, 4) is 0 Å². The molecule has 0 bridgehead atoms. The van der Waals surface area contributed by atoms with Crippen LogP contribution in [0.25, 0.3) is 0 Å². The van der Waals surface area contributed by atoms with E-state index in [9.17, 15) is 4.79 Å². The second kappa shape index (κ2) is 4.72. The third kappa shape index (κ3) is 2.51. The molecule has 3 heteroatoms. The third-order valence-electron chi connectivity index (χ3n) is 1.77. The first-order valence-electron chi connectivity index (χ1n) is 3.94. The number of hydrogen-bond donors (Lipinski definition) is 0. The second-order valence-electron chi connectivity index (χ2n) is 2.79. The standard InChI is InChI=1S/C10H11IO2/c1-7-4-3-5-8(10(7)11)9(12)6-13-2/h3-5H,6H2,1-2H3. The minimum atomic E-state index is 0.0376. The van der Waals surface area contributed by atoms with Crippen LogP contribution in [-0.2, 0) is 4.74 Å². The SMILES string of the molecule is COCC(=O)c1cccc(C)c1I. The van der Waals surface area contributed by atoms with Crippen molar-refractivity contribution in [3.05, 3.63) is 32.9 Å². The summed E-state index contributed by atoms with van der Waals surface area (Å²) in [6.07, 6.45) is 0. The summed E-state index contributed by atoms with van der Waals surface area (Å²) in [4.78, 5) is 11.5.